The maximum atomic E-state index is 13.8. The number of benzene rings is 1. The Balaban J connectivity index is 2.14. The van der Waals surface area contributed by atoms with Gasteiger partial charge in [0.1, 0.15) is 0 Å². The quantitative estimate of drug-likeness (QED) is 0.412. The van der Waals surface area contributed by atoms with Crippen LogP contribution in [-0.2, 0) is 14.3 Å². The van der Waals surface area contributed by atoms with Crippen molar-refractivity contribution in [1.29, 1.82) is 0 Å². The molecular formula is C19H23F3N4O4. The molecule has 1 aromatic rings. The van der Waals surface area contributed by atoms with Gasteiger partial charge in [0.05, 0.1) is 31.0 Å². The highest BCUT2D eigenvalue weighted by Crippen LogP contribution is 2.19. The summed E-state index contributed by atoms with van der Waals surface area (Å²) in [6.07, 6.45) is 0.640. The van der Waals surface area contributed by atoms with E-state index in [0.29, 0.717) is 19.0 Å². The second-order valence-electron chi connectivity index (χ2n) is 6.47. The molecule has 164 valence electrons. The Kier molecular flexibility index (Phi) is 8.22. The van der Waals surface area contributed by atoms with Crippen molar-refractivity contribution in [3.05, 3.63) is 40.9 Å². The van der Waals surface area contributed by atoms with Crippen LogP contribution in [0.15, 0.2) is 23.4 Å². The number of rotatable bonds is 9. The highest BCUT2D eigenvalue weighted by atomic mass is 19.2. The second kappa shape index (κ2) is 10.6. The zero-order valence-electron chi connectivity index (χ0n) is 16.6. The van der Waals surface area contributed by atoms with E-state index in [0.717, 1.165) is 6.07 Å². The zero-order valence-corrected chi connectivity index (χ0v) is 16.6. The van der Waals surface area contributed by atoms with Gasteiger partial charge in [-0.25, -0.2) is 22.8 Å². The number of nitrogens with one attached hydrogen (secondary N) is 3. The Hall–Kier alpha value is -3.08. The second-order valence-corrected chi connectivity index (χ2v) is 6.47. The molecule has 0 spiro atoms. The van der Waals surface area contributed by atoms with Crippen LogP contribution in [0.1, 0.15) is 20.3 Å². The minimum atomic E-state index is -1.68. The number of hydrogen-bond donors (Lipinski definition) is 3. The van der Waals surface area contributed by atoms with Gasteiger partial charge in [-0.3, -0.25) is 9.69 Å². The molecule has 0 fully saturated rings. The van der Waals surface area contributed by atoms with Crippen LogP contribution in [0.5, 0.6) is 0 Å². The van der Waals surface area contributed by atoms with Gasteiger partial charge >= 0.3 is 12.0 Å². The lowest BCUT2D eigenvalue weighted by molar-refractivity contribution is -0.138. The fraction of sp³-hybridized carbons (Fsp3) is 0.421. The fourth-order valence-corrected chi connectivity index (χ4v) is 2.85. The fourth-order valence-electron chi connectivity index (χ4n) is 2.85. The van der Waals surface area contributed by atoms with Crippen LogP contribution >= 0.6 is 0 Å². The number of carbonyl (C=O) groups is 3. The van der Waals surface area contributed by atoms with E-state index in [1.165, 1.54) is 0 Å². The highest BCUT2D eigenvalue weighted by molar-refractivity contribution is 5.94. The lowest BCUT2D eigenvalue weighted by atomic mass is 10.1. The third kappa shape index (κ3) is 5.96. The molecule has 1 aromatic carbocycles. The molecule has 1 heterocycles. The minimum absolute atomic E-state index is 0.0216. The van der Waals surface area contributed by atoms with Gasteiger partial charge in [0, 0.05) is 12.2 Å². The zero-order chi connectivity index (χ0) is 22.3. The summed E-state index contributed by atoms with van der Waals surface area (Å²) in [5, 5.41) is 7.22. The van der Waals surface area contributed by atoms with Crippen molar-refractivity contribution in [2.75, 3.05) is 38.1 Å². The maximum absolute atomic E-state index is 13.8. The standard InChI is InChI=1S/C19H23F3N4O4/c1-3-7-26(9-14-11(18(28)30-4-2)8-23-19(29)25-14)10-15(27)24-13-6-5-12(20)16(21)17(13)22/h5-6H,3-4,7-10H2,1-2H3,(H,24,27)(H2,23,25,29). The average Bonchev–Trinajstić information content (AvgIpc) is 2.69. The Morgan fingerprint density at radius 1 is 1.20 bits per heavy atom. The number of carbonyl (C=O) groups excluding carboxylic acids is 3. The molecule has 0 saturated carbocycles. The van der Waals surface area contributed by atoms with E-state index in [9.17, 15) is 27.6 Å². The molecule has 3 amide bonds. The Morgan fingerprint density at radius 2 is 1.93 bits per heavy atom. The molecule has 0 radical (unpaired) electrons. The first-order valence-corrected chi connectivity index (χ1v) is 9.36. The van der Waals surface area contributed by atoms with Crippen molar-refractivity contribution in [3.63, 3.8) is 0 Å². The number of hydrogen-bond acceptors (Lipinski definition) is 5. The first-order chi connectivity index (χ1) is 14.3. The predicted octanol–water partition coefficient (Wildman–Crippen LogP) is 1.88. The summed E-state index contributed by atoms with van der Waals surface area (Å²) in [5.74, 6) is -5.81. The largest absolute Gasteiger partial charge is 0.463 e. The molecule has 0 aromatic heterocycles. The van der Waals surface area contributed by atoms with Gasteiger partial charge in [0.15, 0.2) is 17.5 Å². The molecule has 3 N–H and O–H groups in total. The van der Waals surface area contributed by atoms with Crippen molar-refractivity contribution >= 4 is 23.6 Å². The van der Waals surface area contributed by atoms with Gasteiger partial charge in [-0.15, -0.1) is 0 Å². The SMILES string of the molecule is CCCN(CC(=O)Nc1ccc(F)c(F)c1F)CC1=C(C(=O)OCC)CNC(=O)N1. The molecule has 0 aliphatic carbocycles. The first kappa shape index (κ1) is 23.2. The summed E-state index contributed by atoms with van der Waals surface area (Å²) in [7, 11) is 0. The van der Waals surface area contributed by atoms with E-state index in [-0.39, 0.29) is 37.5 Å². The number of amides is 3. The van der Waals surface area contributed by atoms with E-state index >= 15 is 0 Å². The molecule has 30 heavy (non-hydrogen) atoms. The third-order valence-electron chi connectivity index (χ3n) is 4.17. The van der Waals surface area contributed by atoms with Gasteiger partial charge in [0.25, 0.3) is 0 Å². The molecular weight excluding hydrogens is 405 g/mol. The first-order valence-electron chi connectivity index (χ1n) is 9.36. The molecule has 0 unspecified atom stereocenters. The van der Waals surface area contributed by atoms with Crippen LogP contribution in [0, 0.1) is 17.5 Å². The summed E-state index contributed by atoms with van der Waals surface area (Å²) in [5.41, 5.74) is 0.0269. The Labute approximate surface area is 171 Å². The van der Waals surface area contributed by atoms with Crippen molar-refractivity contribution in [2.24, 2.45) is 0 Å². The molecule has 0 bridgehead atoms. The summed E-state index contributed by atoms with van der Waals surface area (Å²) in [6, 6.07) is 1.13. The highest BCUT2D eigenvalue weighted by Gasteiger charge is 2.25. The van der Waals surface area contributed by atoms with E-state index in [1.807, 2.05) is 6.92 Å². The van der Waals surface area contributed by atoms with Gasteiger partial charge < -0.3 is 20.7 Å². The lowest BCUT2D eigenvalue weighted by Gasteiger charge is -2.27. The molecule has 1 aliphatic rings. The van der Waals surface area contributed by atoms with Crippen LogP contribution in [0.4, 0.5) is 23.7 Å². The van der Waals surface area contributed by atoms with Crippen molar-refractivity contribution in [2.45, 2.75) is 20.3 Å². The smallest absolute Gasteiger partial charge is 0.337 e. The number of anilines is 1. The van der Waals surface area contributed by atoms with Gasteiger partial charge in [-0.2, -0.15) is 0 Å². The number of nitrogens with zero attached hydrogens (tertiary/aromatic N) is 1. The van der Waals surface area contributed by atoms with E-state index in [4.69, 9.17) is 4.74 Å². The number of urea groups is 1. The van der Waals surface area contributed by atoms with Gasteiger partial charge in [-0.1, -0.05) is 6.92 Å². The molecule has 8 nitrogen and oxygen atoms in total. The van der Waals surface area contributed by atoms with E-state index in [1.54, 1.807) is 11.8 Å². The molecule has 1 aliphatic heterocycles. The average molecular weight is 428 g/mol. The Morgan fingerprint density at radius 3 is 2.60 bits per heavy atom. The van der Waals surface area contributed by atoms with Crippen LogP contribution in [0.2, 0.25) is 0 Å². The Bertz CT molecular complexity index is 860. The predicted molar refractivity (Wildman–Crippen MR) is 102 cm³/mol. The van der Waals surface area contributed by atoms with E-state index < -0.39 is 41.0 Å². The lowest BCUT2D eigenvalue weighted by Crippen LogP contribution is -2.47. The van der Waals surface area contributed by atoms with Crippen LogP contribution in [0.3, 0.4) is 0 Å². The summed E-state index contributed by atoms with van der Waals surface area (Å²) < 4.78 is 45.2. The van der Waals surface area contributed by atoms with Gasteiger partial charge in [-0.05, 0) is 32.0 Å². The number of halogens is 3. The van der Waals surface area contributed by atoms with Gasteiger partial charge in [0.2, 0.25) is 5.91 Å². The summed E-state index contributed by atoms with van der Waals surface area (Å²) >= 11 is 0. The van der Waals surface area contributed by atoms with Crippen molar-refractivity contribution in [1.82, 2.24) is 15.5 Å². The van der Waals surface area contributed by atoms with Crippen molar-refractivity contribution < 1.29 is 32.3 Å². The third-order valence-corrected chi connectivity index (χ3v) is 4.17. The topological polar surface area (TPSA) is 99.8 Å². The molecule has 0 atom stereocenters. The van der Waals surface area contributed by atoms with E-state index in [2.05, 4.69) is 16.0 Å². The molecule has 0 saturated heterocycles. The van der Waals surface area contributed by atoms with Crippen LogP contribution in [-0.4, -0.2) is 55.6 Å². The summed E-state index contributed by atoms with van der Waals surface area (Å²) in [4.78, 5) is 37.8. The normalized spacial score (nSPS) is 13.7. The van der Waals surface area contributed by atoms with Crippen LogP contribution in [0.25, 0.3) is 0 Å². The molecule has 11 heteroatoms. The minimum Gasteiger partial charge on any atom is -0.463 e. The maximum Gasteiger partial charge on any atom is 0.337 e. The molecule has 2 rings (SSSR count). The number of ether oxygens (including phenoxy) is 1. The summed E-state index contributed by atoms with van der Waals surface area (Å²) in [6.45, 7) is 3.87. The van der Waals surface area contributed by atoms with Crippen molar-refractivity contribution in [3.8, 4) is 0 Å². The monoisotopic (exact) mass is 428 g/mol. The van der Waals surface area contributed by atoms with Crippen LogP contribution < -0.4 is 16.0 Å². The number of esters is 1.